The molecule has 0 saturated heterocycles. The van der Waals surface area contributed by atoms with Gasteiger partial charge in [-0.15, -0.1) is 0 Å². The molecule has 0 aliphatic carbocycles. The first kappa shape index (κ1) is 15.3. The first-order valence-electron chi connectivity index (χ1n) is 5.94. The minimum absolute atomic E-state index is 0.0213. The monoisotopic (exact) mass is 297 g/mol. The van der Waals surface area contributed by atoms with E-state index >= 15 is 0 Å². The number of nitrogens with zero attached hydrogens (tertiary/aromatic N) is 1. The summed E-state index contributed by atoms with van der Waals surface area (Å²) in [6.45, 7) is 1.72. The van der Waals surface area contributed by atoms with Crippen molar-refractivity contribution < 1.29 is 28.0 Å². The number of halogens is 3. The Morgan fingerprint density at radius 3 is 2.38 bits per heavy atom. The second-order valence-corrected chi connectivity index (χ2v) is 4.44. The molecule has 2 aromatic rings. The zero-order chi connectivity index (χ0) is 15.6. The van der Waals surface area contributed by atoms with E-state index in [9.17, 15) is 13.2 Å². The van der Waals surface area contributed by atoms with Crippen molar-refractivity contribution in [3.63, 3.8) is 0 Å². The van der Waals surface area contributed by atoms with Crippen molar-refractivity contribution in [1.82, 2.24) is 4.98 Å². The Balaban J connectivity index is 2.22. The smallest absolute Gasteiger partial charge is 0.439 e. The van der Waals surface area contributed by atoms with Gasteiger partial charge in [-0.3, -0.25) is 0 Å². The number of rotatable bonds is 3. The molecule has 2 N–H and O–H groups in total. The fourth-order valence-corrected chi connectivity index (χ4v) is 1.71. The molecule has 0 fully saturated rings. The van der Waals surface area contributed by atoms with Gasteiger partial charge in [-0.2, -0.15) is 13.2 Å². The van der Waals surface area contributed by atoms with Gasteiger partial charge in [0.05, 0.1) is 5.56 Å². The lowest BCUT2D eigenvalue weighted by atomic mass is 9.79. The third-order valence-electron chi connectivity index (χ3n) is 2.66. The summed E-state index contributed by atoms with van der Waals surface area (Å²) in [5, 5.41) is 18.2. The number of ether oxygens (including phenoxy) is 1. The maximum absolute atomic E-state index is 12.4. The summed E-state index contributed by atoms with van der Waals surface area (Å²) >= 11 is 0. The van der Waals surface area contributed by atoms with Crippen molar-refractivity contribution in [2.45, 2.75) is 13.1 Å². The molecule has 0 saturated carbocycles. The first-order chi connectivity index (χ1) is 9.75. The Bertz CT molecular complexity index is 630. The highest BCUT2D eigenvalue weighted by Crippen LogP contribution is 2.30. The van der Waals surface area contributed by atoms with E-state index in [-0.39, 0.29) is 17.1 Å². The van der Waals surface area contributed by atoms with Crippen molar-refractivity contribution >= 4 is 12.6 Å². The van der Waals surface area contributed by atoms with Crippen LogP contribution in [0, 0.1) is 6.92 Å². The van der Waals surface area contributed by atoms with E-state index in [1.165, 1.54) is 6.07 Å². The summed E-state index contributed by atoms with van der Waals surface area (Å²) in [5.74, 6) is 0.234. The largest absolute Gasteiger partial charge is 0.488 e. The predicted molar refractivity (Wildman–Crippen MR) is 70.3 cm³/mol. The van der Waals surface area contributed by atoms with Crippen LogP contribution in [0.3, 0.4) is 0 Å². The van der Waals surface area contributed by atoms with Crippen LogP contribution in [-0.2, 0) is 6.18 Å². The van der Waals surface area contributed by atoms with Gasteiger partial charge in [0.2, 0.25) is 5.88 Å². The standard InChI is InChI=1S/C13H11BF3NO3/c1-8-4-10(14(19)20)6-11(5-8)21-12-3-2-9(7-18-12)13(15,16)17/h2-7,19-20H,1H3. The molecule has 0 spiro atoms. The second-order valence-electron chi connectivity index (χ2n) is 4.44. The first-order valence-corrected chi connectivity index (χ1v) is 5.94. The van der Waals surface area contributed by atoms with Gasteiger partial charge in [0.1, 0.15) is 5.75 Å². The van der Waals surface area contributed by atoms with Crippen LogP contribution in [0.1, 0.15) is 11.1 Å². The Hall–Kier alpha value is -2.06. The Morgan fingerprint density at radius 1 is 1.14 bits per heavy atom. The molecule has 0 atom stereocenters. The van der Waals surface area contributed by atoms with E-state index in [1.54, 1.807) is 19.1 Å². The van der Waals surface area contributed by atoms with E-state index in [4.69, 9.17) is 14.8 Å². The molecule has 0 amide bonds. The van der Waals surface area contributed by atoms with Gasteiger partial charge in [0, 0.05) is 12.3 Å². The molecule has 4 nitrogen and oxygen atoms in total. The molecule has 0 unspecified atom stereocenters. The SMILES string of the molecule is Cc1cc(Oc2ccc(C(F)(F)F)cn2)cc(B(O)O)c1. The Morgan fingerprint density at radius 2 is 1.86 bits per heavy atom. The van der Waals surface area contributed by atoms with Gasteiger partial charge in [-0.25, -0.2) is 4.98 Å². The summed E-state index contributed by atoms with van der Waals surface area (Å²) < 4.78 is 42.5. The number of benzene rings is 1. The molecule has 0 aliphatic heterocycles. The number of aryl methyl sites for hydroxylation is 1. The molecule has 0 radical (unpaired) electrons. The molecule has 1 aromatic carbocycles. The molecular weight excluding hydrogens is 286 g/mol. The van der Waals surface area contributed by atoms with Crippen LogP contribution >= 0.6 is 0 Å². The second kappa shape index (κ2) is 5.75. The highest BCUT2D eigenvalue weighted by atomic mass is 19.4. The Kier molecular flexibility index (Phi) is 4.20. The molecule has 0 aliphatic rings. The minimum Gasteiger partial charge on any atom is -0.439 e. The zero-order valence-corrected chi connectivity index (χ0v) is 10.9. The van der Waals surface area contributed by atoms with Crippen molar-refractivity contribution in [3.8, 4) is 11.6 Å². The summed E-state index contributed by atoms with van der Waals surface area (Å²) in [7, 11) is -1.66. The quantitative estimate of drug-likeness (QED) is 0.849. The van der Waals surface area contributed by atoms with Gasteiger partial charge >= 0.3 is 13.3 Å². The molecule has 21 heavy (non-hydrogen) atoms. The molecule has 1 heterocycles. The molecule has 110 valence electrons. The molecule has 8 heteroatoms. The van der Waals surface area contributed by atoms with Crippen LogP contribution in [0.25, 0.3) is 0 Å². The lowest BCUT2D eigenvalue weighted by Crippen LogP contribution is -2.29. The van der Waals surface area contributed by atoms with Gasteiger partial charge in [0.25, 0.3) is 0 Å². The predicted octanol–water partition coefficient (Wildman–Crippen LogP) is 1.88. The normalized spacial score (nSPS) is 11.3. The number of hydrogen-bond acceptors (Lipinski definition) is 4. The van der Waals surface area contributed by atoms with Crippen LogP contribution in [0.2, 0.25) is 0 Å². The highest BCUT2D eigenvalue weighted by molar-refractivity contribution is 6.58. The minimum atomic E-state index is -4.46. The van der Waals surface area contributed by atoms with Crippen LogP contribution in [0.4, 0.5) is 13.2 Å². The lowest BCUT2D eigenvalue weighted by molar-refractivity contribution is -0.137. The van der Waals surface area contributed by atoms with Crippen molar-refractivity contribution in [2.75, 3.05) is 0 Å². The molecule has 0 bridgehead atoms. The third kappa shape index (κ3) is 3.96. The van der Waals surface area contributed by atoms with E-state index in [0.29, 0.717) is 11.8 Å². The van der Waals surface area contributed by atoms with Crippen LogP contribution in [0.15, 0.2) is 36.5 Å². The van der Waals surface area contributed by atoms with E-state index in [1.807, 2.05) is 0 Å². The van der Waals surface area contributed by atoms with Gasteiger partial charge in [-0.05, 0) is 36.1 Å². The summed E-state index contributed by atoms with van der Waals surface area (Å²) in [6.07, 6.45) is -3.78. The number of alkyl halides is 3. The summed E-state index contributed by atoms with van der Waals surface area (Å²) in [4.78, 5) is 3.58. The average Bonchev–Trinajstić information content (AvgIpc) is 2.37. The topological polar surface area (TPSA) is 62.6 Å². The van der Waals surface area contributed by atoms with Crippen molar-refractivity contribution in [2.24, 2.45) is 0 Å². The number of pyridine rings is 1. The zero-order valence-electron chi connectivity index (χ0n) is 10.9. The molecule has 1 aromatic heterocycles. The van der Waals surface area contributed by atoms with Gasteiger partial charge in [0.15, 0.2) is 0 Å². The third-order valence-corrected chi connectivity index (χ3v) is 2.66. The van der Waals surface area contributed by atoms with E-state index in [0.717, 1.165) is 12.1 Å². The number of aromatic nitrogens is 1. The number of hydrogen-bond donors (Lipinski definition) is 2. The maximum Gasteiger partial charge on any atom is 0.488 e. The van der Waals surface area contributed by atoms with Gasteiger partial charge < -0.3 is 14.8 Å². The summed E-state index contributed by atoms with van der Waals surface area (Å²) in [6, 6.07) is 6.49. The molecular formula is C13H11BF3NO3. The van der Waals surface area contributed by atoms with Crippen molar-refractivity contribution in [3.05, 3.63) is 47.7 Å². The highest BCUT2D eigenvalue weighted by Gasteiger charge is 2.30. The average molecular weight is 297 g/mol. The van der Waals surface area contributed by atoms with Crippen LogP contribution in [0.5, 0.6) is 11.6 Å². The fraction of sp³-hybridized carbons (Fsp3) is 0.154. The Labute approximate surface area is 119 Å². The fourth-order valence-electron chi connectivity index (χ4n) is 1.71. The summed E-state index contributed by atoms with van der Waals surface area (Å²) in [5.41, 5.74) is 0.0602. The lowest BCUT2D eigenvalue weighted by Gasteiger charge is -2.10. The van der Waals surface area contributed by atoms with Crippen LogP contribution < -0.4 is 10.2 Å². The molecule has 2 rings (SSSR count). The van der Waals surface area contributed by atoms with Gasteiger partial charge in [-0.1, -0.05) is 6.07 Å². The maximum atomic E-state index is 12.4. The van der Waals surface area contributed by atoms with Crippen LogP contribution in [-0.4, -0.2) is 22.2 Å². The van der Waals surface area contributed by atoms with E-state index in [2.05, 4.69) is 4.98 Å². The van der Waals surface area contributed by atoms with Crippen molar-refractivity contribution in [1.29, 1.82) is 0 Å². The van der Waals surface area contributed by atoms with E-state index < -0.39 is 18.9 Å².